The van der Waals surface area contributed by atoms with Crippen molar-refractivity contribution in [3.8, 4) is 0 Å². The van der Waals surface area contributed by atoms with Gasteiger partial charge in [-0.3, -0.25) is 0 Å². The highest BCUT2D eigenvalue weighted by Gasteiger charge is 2.26. The number of halogens is 1. The molecule has 1 aliphatic rings. The predicted octanol–water partition coefficient (Wildman–Crippen LogP) is 2.55. The van der Waals surface area contributed by atoms with Crippen LogP contribution in [0.3, 0.4) is 0 Å². The first-order valence-electron chi connectivity index (χ1n) is 5.90. The van der Waals surface area contributed by atoms with E-state index >= 15 is 0 Å². The lowest BCUT2D eigenvalue weighted by molar-refractivity contribution is 0.581. The third-order valence-corrected chi connectivity index (χ3v) is 3.75. The largest absolute Gasteiger partial charge is 0.353 e. The van der Waals surface area contributed by atoms with E-state index in [0.717, 1.165) is 29.8 Å². The second-order valence-electron chi connectivity index (χ2n) is 4.23. The van der Waals surface area contributed by atoms with E-state index < -0.39 is 0 Å². The summed E-state index contributed by atoms with van der Waals surface area (Å²) >= 11 is 3.57. The molecule has 0 radical (unpaired) electrons. The van der Waals surface area contributed by atoms with Crippen molar-refractivity contribution in [1.29, 1.82) is 0 Å². The van der Waals surface area contributed by atoms with E-state index in [0.29, 0.717) is 6.04 Å². The van der Waals surface area contributed by atoms with Crippen molar-refractivity contribution < 1.29 is 0 Å². The zero-order valence-electron chi connectivity index (χ0n) is 9.40. The molecule has 1 aliphatic heterocycles. The molecule has 1 saturated heterocycles. The van der Waals surface area contributed by atoms with Crippen LogP contribution in [0, 0.1) is 0 Å². The molecule has 1 unspecified atom stereocenters. The second kappa shape index (κ2) is 5.64. The van der Waals surface area contributed by atoms with Gasteiger partial charge >= 0.3 is 0 Å². The van der Waals surface area contributed by atoms with Crippen LogP contribution in [0.15, 0.2) is 22.8 Å². The summed E-state index contributed by atoms with van der Waals surface area (Å²) in [6.07, 6.45) is 6.67. The molecule has 0 aliphatic carbocycles. The van der Waals surface area contributed by atoms with Gasteiger partial charge in [0.25, 0.3) is 0 Å². The summed E-state index contributed by atoms with van der Waals surface area (Å²) in [6, 6.07) is 4.63. The van der Waals surface area contributed by atoms with E-state index in [-0.39, 0.29) is 0 Å². The average Bonchev–Trinajstić information content (AvgIpc) is 2.75. The van der Waals surface area contributed by atoms with E-state index in [4.69, 9.17) is 5.73 Å². The zero-order valence-corrected chi connectivity index (χ0v) is 11.0. The quantitative estimate of drug-likeness (QED) is 0.924. The Labute approximate surface area is 105 Å². The molecule has 1 fully saturated rings. The molecule has 2 rings (SSSR count). The van der Waals surface area contributed by atoms with Crippen LogP contribution in [0.1, 0.15) is 25.7 Å². The minimum atomic E-state index is 0.620. The van der Waals surface area contributed by atoms with E-state index in [1.54, 1.807) is 0 Å². The van der Waals surface area contributed by atoms with Gasteiger partial charge in [0.1, 0.15) is 5.82 Å². The summed E-state index contributed by atoms with van der Waals surface area (Å²) in [6.45, 7) is 1.90. The van der Waals surface area contributed by atoms with Gasteiger partial charge < -0.3 is 10.6 Å². The van der Waals surface area contributed by atoms with Crippen molar-refractivity contribution in [3.05, 3.63) is 22.8 Å². The Hall–Kier alpha value is -0.610. The monoisotopic (exact) mass is 283 g/mol. The van der Waals surface area contributed by atoms with E-state index in [2.05, 4.69) is 31.9 Å². The second-order valence-corrected chi connectivity index (χ2v) is 5.08. The van der Waals surface area contributed by atoms with Crippen molar-refractivity contribution in [2.75, 3.05) is 18.0 Å². The van der Waals surface area contributed by atoms with Crippen molar-refractivity contribution in [1.82, 2.24) is 4.98 Å². The molecular weight excluding hydrogens is 266 g/mol. The molecule has 1 aromatic rings. The topological polar surface area (TPSA) is 42.1 Å². The fourth-order valence-electron chi connectivity index (χ4n) is 2.36. The third-order valence-electron chi connectivity index (χ3n) is 3.13. The summed E-state index contributed by atoms with van der Waals surface area (Å²) in [4.78, 5) is 6.88. The van der Waals surface area contributed by atoms with Gasteiger partial charge in [0, 0.05) is 18.8 Å². The number of nitrogens with zero attached hydrogens (tertiary/aromatic N) is 2. The summed E-state index contributed by atoms with van der Waals surface area (Å²) in [5.74, 6) is 1.09. The highest BCUT2D eigenvalue weighted by molar-refractivity contribution is 9.10. The van der Waals surface area contributed by atoms with Gasteiger partial charge in [-0.2, -0.15) is 0 Å². The number of hydrogen-bond donors (Lipinski definition) is 1. The molecule has 0 aromatic carbocycles. The Bertz CT molecular complexity index is 343. The van der Waals surface area contributed by atoms with Crippen LogP contribution in [0.2, 0.25) is 0 Å². The van der Waals surface area contributed by atoms with Gasteiger partial charge in [-0.05, 0) is 60.3 Å². The number of aromatic nitrogens is 1. The Morgan fingerprint density at radius 3 is 3.19 bits per heavy atom. The molecule has 1 aromatic heterocycles. The normalized spacial score (nSPS) is 20.4. The Balaban J connectivity index is 2.10. The molecule has 4 heteroatoms. The maximum atomic E-state index is 5.58. The lowest BCUT2D eigenvalue weighted by Crippen LogP contribution is -2.30. The van der Waals surface area contributed by atoms with Crippen molar-refractivity contribution in [2.24, 2.45) is 5.73 Å². The number of anilines is 1. The predicted molar refractivity (Wildman–Crippen MR) is 70.6 cm³/mol. The van der Waals surface area contributed by atoms with Crippen LogP contribution in [0.4, 0.5) is 5.82 Å². The van der Waals surface area contributed by atoms with Gasteiger partial charge in [-0.15, -0.1) is 0 Å². The summed E-state index contributed by atoms with van der Waals surface area (Å²) < 4.78 is 1.09. The van der Waals surface area contributed by atoms with Crippen LogP contribution >= 0.6 is 15.9 Å². The van der Waals surface area contributed by atoms with Crippen molar-refractivity contribution >= 4 is 21.7 Å². The van der Waals surface area contributed by atoms with Crippen LogP contribution in [-0.2, 0) is 0 Å². The highest BCUT2D eigenvalue weighted by Crippen LogP contribution is 2.31. The molecule has 16 heavy (non-hydrogen) atoms. The molecule has 2 N–H and O–H groups in total. The molecule has 2 heterocycles. The number of rotatable bonds is 4. The van der Waals surface area contributed by atoms with Gasteiger partial charge in [0.15, 0.2) is 0 Å². The van der Waals surface area contributed by atoms with E-state index in [1.807, 2.05) is 12.3 Å². The molecule has 1 atom stereocenters. The van der Waals surface area contributed by atoms with Crippen LogP contribution in [-0.4, -0.2) is 24.1 Å². The molecule has 88 valence electrons. The van der Waals surface area contributed by atoms with Crippen LogP contribution in [0.25, 0.3) is 0 Å². The van der Waals surface area contributed by atoms with Crippen molar-refractivity contribution in [2.45, 2.75) is 31.7 Å². The smallest absolute Gasteiger partial charge is 0.143 e. The zero-order chi connectivity index (χ0) is 11.4. The van der Waals surface area contributed by atoms with Gasteiger partial charge in [0.2, 0.25) is 0 Å². The molecular formula is C12H18BrN3. The van der Waals surface area contributed by atoms with Crippen molar-refractivity contribution in [3.63, 3.8) is 0 Å². The minimum absolute atomic E-state index is 0.620. The third kappa shape index (κ3) is 2.55. The Kier molecular flexibility index (Phi) is 4.18. The van der Waals surface area contributed by atoms with Crippen LogP contribution in [0.5, 0.6) is 0 Å². The fourth-order valence-corrected chi connectivity index (χ4v) is 2.84. The number of nitrogens with two attached hydrogens (primary N) is 1. The van der Waals surface area contributed by atoms with E-state index in [1.165, 1.54) is 19.3 Å². The summed E-state index contributed by atoms with van der Waals surface area (Å²) in [7, 11) is 0. The number of pyridine rings is 1. The Morgan fingerprint density at radius 2 is 2.44 bits per heavy atom. The first-order chi connectivity index (χ1) is 7.83. The molecule has 0 spiro atoms. The highest BCUT2D eigenvalue weighted by atomic mass is 79.9. The molecule has 0 amide bonds. The van der Waals surface area contributed by atoms with E-state index in [9.17, 15) is 0 Å². The maximum Gasteiger partial charge on any atom is 0.143 e. The number of hydrogen-bond acceptors (Lipinski definition) is 3. The minimum Gasteiger partial charge on any atom is -0.353 e. The fraction of sp³-hybridized carbons (Fsp3) is 0.583. The molecule has 0 bridgehead atoms. The van der Waals surface area contributed by atoms with Gasteiger partial charge in [-0.1, -0.05) is 0 Å². The summed E-state index contributed by atoms with van der Waals surface area (Å²) in [5.41, 5.74) is 5.58. The molecule has 0 saturated carbocycles. The summed E-state index contributed by atoms with van der Waals surface area (Å²) in [5, 5.41) is 0. The standard InChI is InChI=1S/C12H18BrN3/c13-11-6-2-8-15-12(11)16-9-3-5-10(16)4-1-7-14/h2,6,8,10H,1,3-5,7,9,14H2. The first-order valence-corrected chi connectivity index (χ1v) is 6.69. The lowest BCUT2D eigenvalue weighted by atomic mass is 10.1. The SMILES string of the molecule is NCCCC1CCCN1c1ncccc1Br. The molecule has 3 nitrogen and oxygen atoms in total. The maximum absolute atomic E-state index is 5.58. The van der Waals surface area contributed by atoms with Gasteiger partial charge in [0.05, 0.1) is 4.47 Å². The average molecular weight is 284 g/mol. The van der Waals surface area contributed by atoms with Gasteiger partial charge in [-0.25, -0.2) is 4.98 Å². The lowest BCUT2D eigenvalue weighted by Gasteiger charge is -2.26. The Morgan fingerprint density at radius 1 is 1.56 bits per heavy atom. The first kappa shape index (κ1) is 11.9. The van der Waals surface area contributed by atoms with Crippen LogP contribution < -0.4 is 10.6 Å².